The number of carbonyl (C=O) groups excluding carboxylic acids is 2. The lowest BCUT2D eigenvalue weighted by Crippen LogP contribution is -2.51. The number of rotatable bonds is 11. The molecule has 0 spiro atoms. The van der Waals surface area contributed by atoms with Gasteiger partial charge in [-0.2, -0.15) is 5.10 Å². The molecule has 2 fully saturated rings. The van der Waals surface area contributed by atoms with Crippen LogP contribution in [-0.2, 0) is 38.1 Å². The molecule has 1 aromatic carbocycles. The van der Waals surface area contributed by atoms with Crippen LogP contribution in [0.5, 0.6) is 0 Å². The van der Waals surface area contributed by atoms with Gasteiger partial charge in [0.05, 0.1) is 16.5 Å². The van der Waals surface area contributed by atoms with Gasteiger partial charge in [0.1, 0.15) is 5.57 Å². The molecule has 37 heavy (non-hydrogen) atoms. The van der Waals surface area contributed by atoms with E-state index in [0.29, 0.717) is 36.4 Å². The summed E-state index contributed by atoms with van der Waals surface area (Å²) in [4.78, 5) is 26.7. The average Bonchev–Trinajstić information content (AvgIpc) is 3.77. The molecule has 1 aliphatic heterocycles. The number of aromatic nitrogens is 2. The first kappa shape index (κ1) is 25.7. The average molecular weight is 525 g/mol. The van der Waals surface area contributed by atoms with Gasteiger partial charge in [-0.3, -0.25) is 14.3 Å². The predicted octanol–water partition coefficient (Wildman–Crippen LogP) is 3.82. The van der Waals surface area contributed by atoms with E-state index in [9.17, 15) is 18.0 Å². The van der Waals surface area contributed by atoms with Crippen molar-refractivity contribution < 1.29 is 18.0 Å². The molecule has 3 aliphatic rings. The van der Waals surface area contributed by atoms with Crippen LogP contribution in [0.25, 0.3) is 5.57 Å². The standard InChI is InChI=1S/C28H36N4O4S/c1-3-4-5-6-19-9-11-21(12-10-19)28(2)17-23(24-15-16-32(30-24)18-20-7-8-20)25(26(33)29-28)27(34)31-37(35,36)22-13-14-22/h9-12,15-16,20,22H,3-8,13-14,17-18H2,1-2H3,(H,29,33)(H,31,34). The Morgan fingerprint density at radius 3 is 2.51 bits per heavy atom. The minimum Gasteiger partial charge on any atom is -0.342 e. The summed E-state index contributed by atoms with van der Waals surface area (Å²) in [5, 5.41) is 7.13. The molecule has 1 atom stereocenters. The third kappa shape index (κ3) is 5.81. The second-order valence-electron chi connectivity index (χ2n) is 11.0. The van der Waals surface area contributed by atoms with Gasteiger partial charge in [-0.1, -0.05) is 44.0 Å². The molecule has 2 N–H and O–H groups in total. The molecular formula is C28H36N4O4S. The van der Waals surface area contributed by atoms with Crippen molar-refractivity contribution in [2.45, 2.75) is 89.0 Å². The topological polar surface area (TPSA) is 110 Å². The monoisotopic (exact) mass is 524 g/mol. The number of aryl methyl sites for hydroxylation is 1. The zero-order valence-corrected chi connectivity index (χ0v) is 22.4. The van der Waals surface area contributed by atoms with Crippen LogP contribution in [0.15, 0.2) is 42.1 Å². The van der Waals surface area contributed by atoms with Crippen LogP contribution in [0.4, 0.5) is 0 Å². The lowest BCUT2D eigenvalue weighted by Gasteiger charge is -2.37. The SMILES string of the molecule is CCCCCc1ccc(C2(C)CC(c3ccn(CC4CC4)n3)=C(C(=O)NS(=O)(=O)C3CC3)C(=O)N2)cc1. The van der Waals surface area contributed by atoms with Gasteiger partial charge in [-0.25, -0.2) is 13.1 Å². The molecule has 2 aliphatic carbocycles. The summed E-state index contributed by atoms with van der Waals surface area (Å²) in [6.45, 7) is 4.92. The molecule has 2 aromatic rings. The smallest absolute Gasteiger partial charge is 0.270 e. The molecule has 2 heterocycles. The Bertz CT molecular complexity index is 1320. The van der Waals surface area contributed by atoms with Crippen molar-refractivity contribution in [2.75, 3.05) is 0 Å². The Balaban J connectivity index is 1.46. The summed E-state index contributed by atoms with van der Waals surface area (Å²) < 4.78 is 29.0. The third-order valence-electron chi connectivity index (χ3n) is 7.63. The van der Waals surface area contributed by atoms with E-state index in [-0.39, 0.29) is 5.57 Å². The molecule has 1 unspecified atom stereocenters. The first-order chi connectivity index (χ1) is 17.7. The highest BCUT2D eigenvalue weighted by molar-refractivity contribution is 7.91. The van der Waals surface area contributed by atoms with Crippen molar-refractivity contribution >= 4 is 27.4 Å². The maximum atomic E-state index is 13.5. The zero-order valence-electron chi connectivity index (χ0n) is 21.6. The lowest BCUT2D eigenvalue weighted by molar-refractivity contribution is -0.124. The number of sulfonamides is 1. The minimum absolute atomic E-state index is 0.172. The number of nitrogens with one attached hydrogen (secondary N) is 2. The zero-order chi connectivity index (χ0) is 26.2. The largest absolute Gasteiger partial charge is 0.342 e. The van der Waals surface area contributed by atoms with E-state index < -0.39 is 32.6 Å². The normalized spacial score (nSPS) is 22.2. The number of nitrogens with zero attached hydrogens (tertiary/aromatic N) is 2. The van der Waals surface area contributed by atoms with Crippen LogP contribution in [0, 0.1) is 5.92 Å². The Kier molecular flexibility index (Phi) is 7.00. The van der Waals surface area contributed by atoms with Gasteiger partial charge in [0.25, 0.3) is 11.8 Å². The highest BCUT2D eigenvalue weighted by Gasteiger charge is 2.43. The Morgan fingerprint density at radius 1 is 1.14 bits per heavy atom. The summed E-state index contributed by atoms with van der Waals surface area (Å²) >= 11 is 0. The van der Waals surface area contributed by atoms with E-state index in [1.807, 2.05) is 36.0 Å². The molecule has 2 saturated carbocycles. The number of hydrogen-bond acceptors (Lipinski definition) is 5. The second kappa shape index (κ2) is 10.1. The van der Waals surface area contributed by atoms with Gasteiger partial charge in [-0.15, -0.1) is 0 Å². The number of benzene rings is 1. The molecular weight excluding hydrogens is 488 g/mol. The quantitative estimate of drug-likeness (QED) is 0.343. The maximum absolute atomic E-state index is 13.5. The van der Waals surface area contributed by atoms with Gasteiger partial charge >= 0.3 is 0 Å². The summed E-state index contributed by atoms with van der Waals surface area (Å²) in [5.41, 5.74) is 2.24. The highest BCUT2D eigenvalue weighted by atomic mass is 32.2. The second-order valence-corrected chi connectivity index (χ2v) is 13.0. The van der Waals surface area contributed by atoms with Crippen molar-refractivity contribution in [3.05, 3.63) is 58.9 Å². The Hall–Kier alpha value is -2.94. The fourth-order valence-electron chi connectivity index (χ4n) is 5.02. The minimum atomic E-state index is -3.80. The van der Waals surface area contributed by atoms with Crippen molar-refractivity contribution in [2.24, 2.45) is 5.92 Å². The third-order valence-corrected chi connectivity index (χ3v) is 9.44. The summed E-state index contributed by atoms with van der Waals surface area (Å²) in [7, 11) is -3.80. The fourth-order valence-corrected chi connectivity index (χ4v) is 6.30. The van der Waals surface area contributed by atoms with Gasteiger partial charge < -0.3 is 5.32 Å². The van der Waals surface area contributed by atoms with Gasteiger partial charge in [0.2, 0.25) is 10.0 Å². The predicted molar refractivity (Wildman–Crippen MR) is 142 cm³/mol. The summed E-state index contributed by atoms with van der Waals surface area (Å²) in [6, 6.07) is 10.1. The molecule has 0 saturated heterocycles. The summed E-state index contributed by atoms with van der Waals surface area (Å²) in [6.07, 6.45) is 10.1. The van der Waals surface area contributed by atoms with E-state index in [1.54, 1.807) is 0 Å². The molecule has 8 nitrogen and oxygen atoms in total. The van der Waals surface area contributed by atoms with Crippen LogP contribution in [0.2, 0.25) is 0 Å². The van der Waals surface area contributed by atoms with Crippen molar-refractivity contribution in [1.29, 1.82) is 0 Å². The van der Waals surface area contributed by atoms with Crippen molar-refractivity contribution in [1.82, 2.24) is 19.8 Å². The Labute approximate surface area is 219 Å². The molecule has 0 radical (unpaired) electrons. The van der Waals surface area contributed by atoms with E-state index in [2.05, 4.69) is 34.2 Å². The highest BCUT2D eigenvalue weighted by Crippen LogP contribution is 2.39. The van der Waals surface area contributed by atoms with Crippen molar-refractivity contribution in [3.8, 4) is 0 Å². The number of carbonyl (C=O) groups is 2. The fraction of sp³-hybridized carbons (Fsp3) is 0.536. The van der Waals surface area contributed by atoms with Crippen LogP contribution >= 0.6 is 0 Å². The van der Waals surface area contributed by atoms with Crippen molar-refractivity contribution in [3.63, 3.8) is 0 Å². The number of hydrogen-bond donors (Lipinski definition) is 2. The molecule has 5 rings (SSSR count). The van der Waals surface area contributed by atoms with Crippen LogP contribution < -0.4 is 10.0 Å². The van der Waals surface area contributed by atoms with E-state index in [4.69, 9.17) is 0 Å². The molecule has 9 heteroatoms. The van der Waals surface area contributed by atoms with Crippen LogP contribution in [0.3, 0.4) is 0 Å². The Morgan fingerprint density at radius 2 is 1.86 bits per heavy atom. The molecule has 1 aromatic heterocycles. The molecule has 2 amide bonds. The maximum Gasteiger partial charge on any atom is 0.270 e. The molecule has 0 bridgehead atoms. The van der Waals surface area contributed by atoms with Crippen LogP contribution in [-0.4, -0.2) is 35.3 Å². The van der Waals surface area contributed by atoms with E-state index >= 15 is 0 Å². The summed E-state index contributed by atoms with van der Waals surface area (Å²) in [5.74, 6) is -0.857. The number of unbranched alkanes of at least 4 members (excludes halogenated alkanes) is 2. The van der Waals surface area contributed by atoms with Gasteiger partial charge in [0.15, 0.2) is 0 Å². The first-order valence-corrected chi connectivity index (χ1v) is 15.0. The van der Waals surface area contributed by atoms with Gasteiger partial charge in [0, 0.05) is 24.7 Å². The van der Waals surface area contributed by atoms with Crippen LogP contribution in [0.1, 0.15) is 82.0 Å². The van der Waals surface area contributed by atoms with E-state index in [1.165, 1.54) is 31.2 Å². The van der Waals surface area contributed by atoms with Gasteiger partial charge in [-0.05, 0) is 68.6 Å². The molecule has 198 valence electrons. The first-order valence-electron chi connectivity index (χ1n) is 13.4. The lowest BCUT2D eigenvalue weighted by atomic mass is 9.79. The van der Waals surface area contributed by atoms with E-state index in [0.717, 1.165) is 24.9 Å². The number of amides is 2.